The Morgan fingerprint density at radius 1 is 1.33 bits per heavy atom. The molecule has 3 rings (SSSR count). The second-order valence-corrected chi connectivity index (χ2v) is 7.99. The molecular formula is C19H24N4O3S. The SMILES string of the molecule is CCC(C(=O)Nc1sc2c(c1C(N)=O)CCCC2)n1c(C)cc(C)nc1=O. The lowest BCUT2D eigenvalue weighted by Gasteiger charge is -2.20. The lowest BCUT2D eigenvalue weighted by atomic mass is 9.95. The van der Waals surface area contributed by atoms with E-state index in [1.165, 1.54) is 15.9 Å². The van der Waals surface area contributed by atoms with Crippen LogP contribution in [-0.2, 0) is 17.6 Å². The summed E-state index contributed by atoms with van der Waals surface area (Å²) >= 11 is 1.42. The summed E-state index contributed by atoms with van der Waals surface area (Å²) in [5.74, 6) is -0.863. The van der Waals surface area contributed by atoms with E-state index in [4.69, 9.17) is 5.73 Å². The Morgan fingerprint density at radius 3 is 2.67 bits per heavy atom. The van der Waals surface area contributed by atoms with Crippen LogP contribution in [-0.4, -0.2) is 21.4 Å². The van der Waals surface area contributed by atoms with Gasteiger partial charge >= 0.3 is 5.69 Å². The second-order valence-electron chi connectivity index (χ2n) is 6.88. The molecule has 1 aliphatic carbocycles. The summed E-state index contributed by atoms with van der Waals surface area (Å²) in [5.41, 5.74) is 7.82. The van der Waals surface area contributed by atoms with Gasteiger partial charge in [-0.25, -0.2) is 4.79 Å². The summed E-state index contributed by atoms with van der Waals surface area (Å²) in [7, 11) is 0. The van der Waals surface area contributed by atoms with Gasteiger partial charge in [0.25, 0.3) is 5.91 Å². The number of carbonyl (C=O) groups is 2. The molecule has 0 saturated carbocycles. The molecule has 2 aromatic heterocycles. The summed E-state index contributed by atoms with van der Waals surface area (Å²) in [6.45, 7) is 5.37. The van der Waals surface area contributed by atoms with Gasteiger partial charge in [-0.15, -0.1) is 11.3 Å². The first kappa shape index (κ1) is 19.3. The number of thiophene rings is 1. The highest BCUT2D eigenvalue weighted by Gasteiger charge is 2.28. The van der Waals surface area contributed by atoms with E-state index in [0.717, 1.165) is 36.1 Å². The van der Waals surface area contributed by atoms with Crippen molar-refractivity contribution in [3.8, 4) is 0 Å². The van der Waals surface area contributed by atoms with E-state index in [2.05, 4.69) is 10.3 Å². The van der Waals surface area contributed by atoms with Crippen LogP contribution < -0.4 is 16.7 Å². The van der Waals surface area contributed by atoms with Gasteiger partial charge in [-0.05, 0) is 57.6 Å². The molecular weight excluding hydrogens is 364 g/mol. The minimum absolute atomic E-state index is 0.338. The van der Waals surface area contributed by atoms with Crippen molar-refractivity contribution in [2.45, 2.75) is 58.9 Å². The first-order valence-electron chi connectivity index (χ1n) is 9.15. The molecule has 144 valence electrons. The minimum atomic E-state index is -0.703. The van der Waals surface area contributed by atoms with Crippen LogP contribution in [0.1, 0.15) is 64.4 Å². The van der Waals surface area contributed by atoms with Crippen molar-refractivity contribution < 1.29 is 9.59 Å². The van der Waals surface area contributed by atoms with E-state index >= 15 is 0 Å². The monoisotopic (exact) mass is 388 g/mol. The Balaban J connectivity index is 1.96. The summed E-state index contributed by atoms with van der Waals surface area (Å²) in [5, 5.41) is 3.35. The van der Waals surface area contributed by atoms with Gasteiger partial charge in [0.1, 0.15) is 11.0 Å². The molecule has 0 fully saturated rings. The highest BCUT2D eigenvalue weighted by molar-refractivity contribution is 7.17. The predicted molar refractivity (Wildman–Crippen MR) is 105 cm³/mol. The van der Waals surface area contributed by atoms with Crippen LogP contribution in [0.15, 0.2) is 10.9 Å². The number of nitrogens with zero attached hydrogens (tertiary/aromatic N) is 2. The number of carbonyl (C=O) groups excluding carboxylic acids is 2. The molecule has 0 spiro atoms. The largest absolute Gasteiger partial charge is 0.365 e. The third kappa shape index (κ3) is 3.66. The normalized spacial score (nSPS) is 14.5. The smallest absolute Gasteiger partial charge is 0.348 e. The molecule has 2 aromatic rings. The van der Waals surface area contributed by atoms with E-state index in [9.17, 15) is 14.4 Å². The van der Waals surface area contributed by atoms with Crippen LogP contribution in [0.25, 0.3) is 0 Å². The van der Waals surface area contributed by atoms with Crippen molar-refractivity contribution in [1.29, 1.82) is 0 Å². The van der Waals surface area contributed by atoms with Crippen LogP contribution in [0.4, 0.5) is 5.00 Å². The fourth-order valence-corrected chi connectivity index (χ4v) is 5.03. The van der Waals surface area contributed by atoms with Gasteiger partial charge in [0, 0.05) is 16.3 Å². The zero-order valence-corrected chi connectivity index (χ0v) is 16.6. The van der Waals surface area contributed by atoms with Gasteiger partial charge in [0.15, 0.2) is 0 Å². The van der Waals surface area contributed by atoms with Crippen molar-refractivity contribution in [2.75, 3.05) is 5.32 Å². The standard InChI is InChI=1S/C19H24N4O3S/c1-4-13(23-11(3)9-10(2)21-19(23)26)17(25)22-18-15(16(20)24)12-7-5-6-8-14(12)27-18/h9,13H,4-8H2,1-3H3,(H2,20,24)(H,22,25). The molecule has 2 heterocycles. The summed E-state index contributed by atoms with van der Waals surface area (Å²) in [6.07, 6.45) is 4.21. The van der Waals surface area contributed by atoms with Gasteiger partial charge < -0.3 is 11.1 Å². The number of nitrogens with one attached hydrogen (secondary N) is 1. The molecule has 3 N–H and O–H groups in total. The molecule has 7 nitrogen and oxygen atoms in total. The quantitative estimate of drug-likeness (QED) is 0.820. The summed E-state index contributed by atoms with van der Waals surface area (Å²) < 4.78 is 1.40. The summed E-state index contributed by atoms with van der Waals surface area (Å²) in [6, 6.07) is 1.07. The average Bonchev–Trinajstić information content (AvgIpc) is 2.95. The van der Waals surface area contributed by atoms with Crippen molar-refractivity contribution >= 4 is 28.2 Å². The maximum absolute atomic E-state index is 13.0. The topological polar surface area (TPSA) is 107 Å². The van der Waals surface area contributed by atoms with Crippen molar-refractivity contribution in [3.63, 3.8) is 0 Å². The molecule has 8 heteroatoms. The number of rotatable bonds is 5. The summed E-state index contributed by atoms with van der Waals surface area (Å²) in [4.78, 5) is 42.4. The van der Waals surface area contributed by atoms with Gasteiger partial charge in [-0.3, -0.25) is 14.2 Å². The van der Waals surface area contributed by atoms with Crippen LogP contribution in [0.5, 0.6) is 0 Å². The van der Waals surface area contributed by atoms with Crippen LogP contribution >= 0.6 is 11.3 Å². The highest BCUT2D eigenvalue weighted by atomic mass is 32.1. The average molecular weight is 388 g/mol. The zero-order valence-electron chi connectivity index (χ0n) is 15.8. The van der Waals surface area contributed by atoms with E-state index in [0.29, 0.717) is 28.4 Å². The number of amides is 2. The number of aromatic nitrogens is 2. The minimum Gasteiger partial charge on any atom is -0.365 e. The Bertz CT molecular complexity index is 961. The number of hydrogen-bond acceptors (Lipinski definition) is 5. The predicted octanol–water partition coefficient (Wildman–Crippen LogP) is 2.49. The Morgan fingerprint density at radius 2 is 2.04 bits per heavy atom. The third-order valence-electron chi connectivity index (χ3n) is 4.93. The van der Waals surface area contributed by atoms with E-state index in [1.807, 2.05) is 6.92 Å². The van der Waals surface area contributed by atoms with Crippen molar-refractivity contribution in [1.82, 2.24) is 9.55 Å². The molecule has 0 bridgehead atoms. The van der Waals surface area contributed by atoms with E-state index < -0.39 is 17.6 Å². The Labute approximate surface area is 161 Å². The van der Waals surface area contributed by atoms with Crippen LogP contribution in [0.3, 0.4) is 0 Å². The number of anilines is 1. The fourth-order valence-electron chi connectivity index (χ4n) is 3.73. The number of nitrogens with two attached hydrogens (primary N) is 1. The fraction of sp³-hybridized carbons (Fsp3) is 0.474. The van der Waals surface area contributed by atoms with Gasteiger partial charge in [-0.2, -0.15) is 4.98 Å². The Kier molecular flexibility index (Phi) is 5.46. The molecule has 0 aromatic carbocycles. The number of fused-ring (bicyclic) bond motifs is 1. The molecule has 0 radical (unpaired) electrons. The van der Waals surface area contributed by atoms with Crippen LogP contribution in [0, 0.1) is 13.8 Å². The van der Waals surface area contributed by atoms with Crippen LogP contribution in [0.2, 0.25) is 0 Å². The van der Waals surface area contributed by atoms with Gasteiger partial charge in [-0.1, -0.05) is 6.92 Å². The molecule has 0 aliphatic heterocycles. The number of primary amides is 1. The molecule has 27 heavy (non-hydrogen) atoms. The molecule has 0 saturated heterocycles. The maximum atomic E-state index is 13.0. The highest BCUT2D eigenvalue weighted by Crippen LogP contribution is 2.38. The molecule has 1 aliphatic rings. The first-order valence-corrected chi connectivity index (χ1v) is 9.97. The maximum Gasteiger partial charge on any atom is 0.348 e. The number of hydrogen-bond donors (Lipinski definition) is 2. The third-order valence-corrected chi connectivity index (χ3v) is 6.14. The molecule has 2 amide bonds. The van der Waals surface area contributed by atoms with Gasteiger partial charge in [0.2, 0.25) is 5.91 Å². The lowest BCUT2D eigenvalue weighted by molar-refractivity contribution is -0.119. The number of aryl methyl sites for hydroxylation is 3. The Hall–Kier alpha value is -2.48. The van der Waals surface area contributed by atoms with Gasteiger partial charge in [0.05, 0.1) is 5.56 Å². The van der Waals surface area contributed by atoms with E-state index in [-0.39, 0.29) is 5.91 Å². The molecule has 1 unspecified atom stereocenters. The molecule has 1 atom stereocenters. The van der Waals surface area contributed by atoms with Crippen molar-refractivity contribution in [2.24, 2.45) is 5.73 Å². The zero-order chi connectivity index (χ0) is 19.7. The second kappa shape index (κ2) is 7.64. The lowest BCUT2D eigenvalue weighted by Crippen LogP contribution is -2.36. The van der Waals surface area contributed by atoms with Crippen molar-refractivity contribution in [3.05, 3.63) is 43.9 Å². The first-order chi connectivity index (χ1) is 12.8. The van der Waals surface area contributed by atoms with E-state index in [1.54, 1.807) is 19.9 Å².